The molecule has 1 atom stereocenters. The molecule has 1 N–H and O–H groups in total. The average molecular weight is 468 g/mol. The first kappa shape index (κ1) is 23.4. The molecule has 11 heteroatoms. The molecule has 1 fully saturated rings. The summed E-state index contributed by atoms with van der Waals surface area (Å²) in [4.78, 5) is 49.6. The third kappa shape index (κ3) is 4.37. The number of hydrogen-bond donors (Lipinski definition) is 1. The minimum Gasteiger partial charge on any atom is -0.494 e. The normalized spacial score (nSPS) is 14.9. The summed E-state index contributed by atoms with van der Waals surface area (Å²) in [5.74, 6) is -0.363. The number of H-pyrrole nitrogens is 1. The molecular formula is C23H29N7O4. The van der Waals surface area contributed by atoms with Gasteiger partial charge < -0.3 is 19.5 Å². The molecule has 4 heterocycles. The molecule has 1 saturated heterocycles. The molecule has 1 aliphatic rings. The Hall–Kier alpha value is -3.76. The summed E-state index contributed by atoms with van der Waals surface area (Å²) in [6.45, 7) is 5.54. The highest BCUT2D eigenvalue weighted by molar-refractivity contribution is 6.45. The number of methoxy groups -OCH3 is 1. The van der Waals surface area contributed by atoms with Crippen molar-refractivity contribution in [2.45, 2.75) is 33.1 Å². The Morgan fingerprint density at radius 3 is 2.56 bits per heavy atom. The molecule has 0 aliphatic carbocycles. The van der Waals surface area contributed by atoms with Crippen LogP contribution in [0.25, 0.3) is 16.7 Å². The standard InChI is InChI=1S/C23H29N7O4/c1-4-5-6-15(2)22(32)28-9-11-29(12-10-28)23(33)20(31)16-13-24-19-18(16)17(34-3)14-25-21(19)30-8-7-26-27-30/h7-8,13-15,24H,4-6,9-12H2,1-3H3. The fourth-order valence-corrected chi connectivity index (χ4v) is 4.27. The van der Waals surface area contributed by atoms with E-state index in [0.717, 1.165) is 19.3 Å². The molecule has 180 valence electrons. The molecule has 0 spiro atoms. The Morgan fingerprint density at radius 1 is 1.18 bits per heavy atom. The Kier molecular flexibility index (Phi) is 6.90. The van der Waals surface area contributed by atoms with Gasteiger partial charge in [0.1, 0.15) is 5.75 Å². The van der Waals surface area contributed by atoms with Crippen molar-refractivity contribution < 1.29 is 19.1 Å². The van der Waals surface area contributed by atoms with Crippen LogP contribution in [0.5, 0.6) is 5.75 Å². The molecule has 0 radical (unpaired) electrons. The van der Waals surface area contributed by atoms with Gasteiger partial charge in [-0.1, -0.05) is 31.9 Å². The number of ether oxygens (including phenoxy) is 1. The number of unbranched alkanes of at least 4 members (excludes halogenated alkanes) is 1. The van der Waals surface area contributed by atoms with Gasteiger partial charge in [-0.2, -0.15) is 0 Å². The number of rotatable bonds is 8. The van der Waals surface area contributed by atoms with E-state index in [-0.39, 0.29) is 17.4 Å². The number of nitrogens with one attached hydrogen (secondary N) is 1. The molecule has 1 unspecified atom stereocenters. The predicted octanol–water partition coefficient (Wildman–Crippen LogP) is 1.83. The largest absolute Gasteiger partial charge is 0.494 e. The number of aromatic amines is 1. The minimum absolute atomic E-state index is 0.0321. The fraction of sp³-hybridized carbons (Fsp3) is 0.478. The molecule has 11 nitrogen and oxygen atoms in total. The van der Waals surface area contributed by atoms with Crippen molar-refractivity contribution in [3.63, 3.8) is 0 Å². The van der Waals surface area contributed by atoms with Crippen molar-refractivity contribution >= 4 is 28.5 Å². The lowest BCUT2D eigenvalue weighted by atomic mass is 10.0. The highest BCUT2D eigenvalue weighted by Gasteiger charge is 2.32. The second-order valence-corrected chi connectivity index (χ2v) is 8.44. The number of pyridine rings is 1. The van der Waals surface area contributed by atoms with E-state index < -0.39 is 11.7 Å². The number of amides is 2. The van der Waals surface area contributed by atoms with E-state index in [9.17, 15) is 14.4 Å². The van der Waals surface area contributed by atoms with Crippen LogP contribution in [-0.4, -0.2) is 85.6 Å². The van der Waals surface area contributed by atoms with Crippen LogP contribution >= 0.6 is 0 Å². The number of aromatic nitrogens is 5. The van der Waals surface area contributed by atoms with E-state index in [1.807, 2.05) is 6.92 Å². The molecule has 1 aliphatic heterocycles. The van der Waals surface area contributed by atoms with E-state index in [0.29, 0.717) is 48.6 Å². The summed E-state index contributed by atoms with van der Waals surface area (Å²) in [5.41, 5.74) is 0.713. The van der Waals surface area contributed by atoms with Crippen LogP contribution in [0.1, 0.15) is 43.5 Å². The Labute approximate surface area is 197 Å². The average Bonchev–Trinajstić information content (AvgIpc) is 3.56. The van der Waals surface area contributed by atoms with E-state index in [1.165, 1.54) is 35.3 Å². The molecule has 0 saturated carbocycles. The minimum atomic E-state index is -0.642. The lowest BCUT2D eigenvalue weighted by Crippen LogP contribution is -2.53. The smallest absolute Gasteiger partial charge is 0.295 e. The first-order valence-corrected chi connectivity index (χ1v) is 11.5. The highest BCUT2D eigenvalue weighted by atomic mass is 16.5. The van der Waals surface area contributed by atoms with Crippen molar-refractivity contribution in [3.05, 3.63) is 30.4 Å². The molecule has 3 aromatic heterocycles. The van der Waals surface area contributed by atoms with Gasteiger partial charge in [-0.05, 0) is 6.42 Å². The first-order valence-electron chi connectivity index (χ1n) is 11.5. The lowest BCUT2D eigenvalue weighted by molar-refractivity contribution is -0.140. The van der Waals surface area contributed by atoms with Crippen LogP contribution < -0.4 is 4.74 Å². The SMILES string of the molecule is CCCCC(C)C(=O)N1CCN(C(=O)C(=O)c2c[nH]c3c(-n4ccnn4)ncc(OC)c23)CC1. The molecule has 34 heavy (non-hydrogen) atoms. The number of hydrogen-bond acceptors (Lipinski definition) is 7. The second kappa shape index (κ2) is 10.0. The molecule has 0 bridgehead atoms. The summed E-state index contributed by atoms with van der Waals surface area (Å²) >= 11 is 0. The topological polar surface area (TPSA) is 126 Å². The number of carbonyl (C=O) groups excluding carboxylic acids is 3. The van der Waals surface area contributed by atoms with E-state index in [2.05, 4.69) is 27.2 Å². The number of piperazine rings is 1. The van der Waals surface area contributed by atoms with Gasteiger partial charge in [0, 0.05) is 38.3 Å². The van der Waals surface area contributed by atoms with E-state index in [1.54, 1.807) is 11.1 Å². The summed E-state index contributed by atoms with van der Waals surface area (Å²) in [6.07, 6.45) is 9.06. The van der Waals surface area contributed by atoms with Crippen molar-refractivity contribution in [3.8, 4) is 11.6 Å². The van der Waals surface area contributed by atoms with Crippen LogP contribution in [0.4, 0.5) is 0 Å². The molecule has 2 amide bonds. The van der Waals surface area contributed by atoms with Crippen LogP contribution in [0.3, 0.4) is 0 Å². The van der Waals surface area contributed by atoms with Crippen LogP contribution in [-0.2, 0) is 9.59 Å². The zero-order chi connectivity index (χ0) is 24.2. The van der Waals surface area contributed by atoms with Crippen molar-refractivity contribution in [1.82, 2.24) is 34.8 Å². The fourth-order valence-electron chi connectivity index (χ4n) is 4.27. The molecule has 0 aromatic carbocycles. The maximum atomic E-state index is 13.2. The third-order valence-corrected chi connectivity index (χ3v) is 6.24. The molecule has 4 rings (SSSR count). The third-order valence-electron chi connectivity index (χ3n) is 6.24. The van der Waals surface area contributed by atoms with Gasteiger partial charge in [-0.3, -0.25) is 14.4 Å². The Bertz CT molecular complexity index is 1180. The van der Waals surface area contributed by atoms with Gasteiger partial charge in [0.25, 0.3) is 11.7 Å². The monoisotopic (exact) mass is 467 g/mol. The summed E-state index contributed by atoms with van der Waals surface area (Å²) < 4.78 is 6.88. The predicted molar refractivity (Wildman–Crippen MR) is 124 cm³/mol. The first-order chi connectivity index (χ1) is 16.5. The zero-order valence-corrected chi connectivity index (χ0v) is 19.7. The van der Waals surface area contributed by atoms with Crippen molar-refractivity contribution in [2.24, 2.45) is 5.92 Å². The van der Waals surface area contributed by atoms with Gasteiger partial charge in [0.05, 0.1) is 42.2 Å². The van der Waals surface area contributed by atoms with Crippen LogP contribution in [0.15, 0.2) is 24.8 Å². The van der Waals surface area contributed by atoms with Crippen LogP contribution in [0, 0.1) is 5.92 Å². The number of Topliss-reactive ketones (excluding diaryl/α,β-unsaturated/α-hetero) is 1. The second-order valence-electron chi connectivity index (χ2n) is 8.44. The van der Waals surface area contributed by atoms with Gasteiger partial charge in [-0.25, -0.2) is 9.67 Å². The summed E-state index contributed by atoms with van der Waals surface area (Å²) in [7, 11) is 1.48. The Balaban J connectivity index is 1.51. The van der Waals surface area contributed by atoms with Gasteiger partial charge in [0.2, 0.25) is 5.91 Å². The lowest BCUT2D eigenvalue weighted by Gasteiger charge is -2.35. The summed E-state index contributed by atoms with van der Waals surface area (Å²) in [6, 6.07) is 0. The van der Waals surface area contributed by atoms with Gasteiger partial charge in [-0.15, -0.1) is 5.10 Å². The van der Waals surface area contributed by atoms with Crippen LogP contribution in [0.2, 0.25) is 0 Å². The van der Waals surface area contributed by atoms with E-state index >= 15 is 0 Å². The number of fused-ring (bicyclic) bond motifs is 1. The van der Waals surface area contributed by atoms with Crippen molar-refractivity contribution in [1.29, 1.82) is 0 Å². The summed E-state index contributed by atoms with van der Waals surface area (Å²) in [5, 5.41) is 8.21. The number of carbonyl (C=O) groups is 3. The quantitative estimate of drug-likeness (QED) is 0.396. The molecular weight excluding hydrogens is 438 g/mol. The van der Waals surface area contributed by atoms with E-state index in [4.69, 9.17) is 4.74 Å². The van der Waals surface area contributed by atoms with Gasteiger partial charge in [0.15, 0.2) is 5.82 Å². The Morgan fingerprint density at radius 2 is 1.91 bits per heavy atom. The maximum absolute atomic E-state index is 13.2. The van der Waals surface area contributed by atoms with Gasteiger partial charge >= 0.3 is 0 Å². The zero-order valence-electron chi connectivity index (χ0n) is 19.7. The number of ketones is 1. The van der Waals surface area contributed by atoms with Crippen molar-refractivity contribution in [2.75, 3.05) is 33.3 Å². The number of nitrogens with zero attached hydrogens (tertiary/aromatic N) is 6. The molecule has 3 aromatic rings. The maximum Gasteiger partial charge on any atom is 0.295 e. The highest BCUT2D eigenvalue weighted by Crippen LogP contribution is 2.31.